The highest BCUT2D eigenvalue weighted by atomic mass is 16.3. The molecule has 1 unspecified atom stereocenters. The van der Waals surface area contributed by atoms with Gasteiger partial charge in [0.05, 0.1) is 18.6 Å². The molecule has 5 heteroatoms. The van der Waals surface area contributed by atoms with Gasteiger partial charge < -0.3 is 15.5 Å². The highest BCUT2D eigenvalue weighted by Gasteiger charge is 2.18. The molecule has 0 saturated carbocycles. The summed E-state index contributed by atoms with van der Waals surface area (Å²) in [6.45, 7) is 2.52. The third kappa shape index (κ3) is 3.61. The van der Waals surface area contributed by atoms with Crippen molar-refractivity contribution < 1.29 is 9.21 Å². The topological polar surface area (TPSA) is 71.5 Å². The molecule has 0 aliphatic rings. The van der Waals surface area contributed by atoms with Gasteiger partial charge in [0.25, 0.3) is 0 Å². The van der Waals surface area contributed by atoms with Gasteiger partial charge in [0.1, 0.15) is 0 Å². The smallest absolute Gasteiger partial charge is 0.241 e. The lowest BCUT2D eigenvalue weighted by molar-refractivity contribution is -0.120. The summed E-state index contributed by atoms with van der Waals surface area (Å²) in [4.78, 5) is 14.1. The molecule has 1 aromatic carbocycles. The van der Waals surface area contributed by atoms with Crippen LogP contribution in [-0.4, -0.2) is 23.9 Å². The molecule has 3 N–H and O–H groups in total. The summed E-state index contributed by atoms with van der Waals surface area (Å²) in [5, 5.41) is 2.86. The van der Waals surface area contributed by atoms with E-state index in [0.29, 0.717) is 17.9 Å². The molecule has 1 atom stereocenters. The van der Waals surface area contributed by atoms with Crippen LogP contribution in [0.5, 0.6) is 0 Å². The molecule has 0 bridgehead atoms. The van der Waals surface area contributed by atoms with Crippen molar-refractivity contribution in [2.24, 2.45) is 0 Å². The van der Waals surface area contributed by atoms with E-state index < -0.39 is 0 Å². The highest BCUT2D eigenvalue weighted by molar-refractivity contribution is 5.94. The Morgan fingerprint density at radius 3 is 2.90 bits per heavy atom. The first-order chi connectivity index (χ1) is 9.56. The van der Waals surface area contributed by atoms with Crippen molar-refractivity contribution in [3.8, 4) is 0 Å². The molecule has 0 spiro atoms. The number of nitrogen functional groups attached to an aromatic ring is 1. The summed E-state index contributed by atoms with van der Waals surface area (Å²) in [6.07, 6.45) is 3.31. The number of amides is 1. The Balaban J connectivity index is 1.94. The molecule has 2 aromatic rings. The van der Waals surface area contributed by atoms with Crippen LogP contribution in [0.15, 0.2) is 47.3 Å². The third-order valence-corrected chi connectivity index (χ3v) is 3.21. The lowest BCUT2D eigenvalue weighted by Gasteiger charge is -2.23. The van der Waals surface area contributed by atoms with Gasteiger partial charge in [-0.1, -0.05) is 6.07 Å². The number of nitrogens with zero attached hydrogens (tertiary/aromatic N) is 1. The second-order valence-corrected chi connectivity index (χ2v) is 4.84. The highest BCUT2D eigenvalue weighted by Crippen LogP contribution is 2.13. The summed E-state index contributed by atoms with van der Waals surface area (Å²) in [6, 6.07) is 8.78. The van der Waals surface area contributed by atoms with E-state index in [0.717, 1.165) is 5.56 Å². The van der Waals surface area contributed by atoms with Crippen LogP contribution in [-0.2, 0) is 11.3 Å². The summed E-state index contributed by atoms with van der Waals surface area (Å²) >= 11 is 0. The summed E-state index contributed by atoms with van der Waals surface area (Å²) < 4.78 is 5.02. The minimum absolute atomic E-state index is 0.0680. The maximum atomic E-state index is 12.2. The molecule has 1 heterocycles. The first-order valence-corrected chi connectivity index (χ1v) is 6.44. The molecule has 0 aliphatic heterocycles. The minimum Gasteiger partial charge on any atom is -0.472 e. The number of hydrogen-bond acceptors (Lipinski definition) is 4. The molecule has 20 heavy (non-hydrogen) atoms. The van der Waals surface area contributed by atoms with Crippen molar-refractivity contribution in [1.82, 2.24) is 4.90 Å². The Labute approximate surface area is 118 Å². The predicted molar refractivity (Wildman–Crippen MR) is 79.1 cm³/mol. The van der Waals surface area contributed by atoms with Gasteiger partial charge in [-0.05, 0) is 38.2 Å². The monoisotopic (exact) mass is 273 g/mol. The first-order valence-electron chi connectivity index (χ1n) is 6.44. The molecular weight excluding hydrogens is 254 g/mol. The van der Waals surface area contributed by atoms with Crippen LogP contribution in [0.4, 0.5) is 11.4 Å². The van der Waals surface area contributed by atoms with E-state index in [-0.39, 0.29) is 11.9 Å². The lowest BCUT2D eigenvalue weighted by Crippen LogP contribution is -2.39. The van der Waals surface area contributed by atoms with Crippen LogP contribution >= 0.6 is 0 Å². The number of likely N-dealkylation sites (N-methyl/N-ethyl adjacent to an activating group) is 1. The molecule has 0 saturated heterocycles. The number of carbonyl (C=O) groups excluding carboxylic acids is 1. The van der Waals surface area contributed by atoms with E-state index in [1.807, 2.05) is 37.1 Å². The Morgan fingerprint density at radius 1 is 1.45 bits per heavy atom. The maximum Gasteiger partial charge on any atom is 0.241 e. The second kappa shape index (κ2) is 6.25. The standard InChI is InChI=1S/C15H19N3O2/c1-11(18(2)9-12-6-7-20-10-12)15(19)17-14-5-3-4-13(16)8-14/h3-8,10-11H,9,16H2,1-2H3,(H,17,19). The number of rotatable bonds is 5. The predicted octanol–water partition coefficient (Wildman–Crippen LogP) is 2.32. The average Bonchev–Trinajstić information content (AvgIpc) is 2.90. The molecular formula is C15H19N3O2. The van der Waals surface area contributed by atoms with Crippen LogP contribution in [0.2, 0.25) is 0 Å². The largest absolute Gasteiger partial charge is 0.472 e. The number of benzene rings is 1. The van der Waals surface area contributed by atoms with Gasteiger partial charge in [0.2, 0.25) is 5.91 Å². The van der Waals surface area contributed by atoms with Crippen molar-refractivity contribution in [1.29, 1.82) is 0 Å². The van der Waals surface area contributed by atoms with Gasteiger partial charge in [-0.3, -0.25) is 9.69 Å². The van der Waals surface area contributed by atoms with Crippen molar-refractivity contribution in [3.05, 3.63) is 48.4 Å². The van der Waals surface area contributed by atoms with Gasteiger partial charge in [-0.15, -0.1) is 0 Å². The zero-order chi connectivity index (χ0) is 14.5. The molecule has 1 aromatic heterocycles. The van der Waals surface area contributed by atoms with E-state index in [2.05, 4.69) is 5.32 Å². The Bertz CT molecular complexity index is 566. The molecule has 1 amide bonds. The molecule has 0 radical (unpaired) electrons. The van der Waals surface area contributed by atoms with E-state index >= 15 is 0 Å². The van der Waals surface area contributed by atoms with Crippen LogP contribution in [0.3, 0.4) is 0 Å². The van der Waals surface area contributed by atoms with Crippen molar-refractivity contribution in [2.75, 3.05) is 18.1 Å². The number of anilines is 2. The fraction of sp³-hybridized carbons (Fsp3) is 0.267. The second-order valence-electron chi connectivity index (χ2n) is 4.84. The quantitative estimate of drug-likeness (QED) is 0.820. The van der Waals surface area contributed by atoms with Gasteiger partial charge in [0.15, 0.2) is 0 Å². The summed E-state index contributed by atoms with van der Waals surface area (Å²) in [7, 11) is 1.90. The van der Waals surface area contributed by atoms with Gasteiger partial charge in [0, 0.05) is 23.5 Å². The maximum absolute atomic E-state index is 12.2. The fourth-order valence-corrected chi connectivity index (χ4v) is 1.87. The van der Waals surface area contributed by atoms with Crippen molar-refractivity contribution in [2.45, 2.75) is 19.5 Å². The number of nitrogens with two attached hydrogens (primary N) is 1. The van der Waals surface area contributed by atoms with Crippen LogP contribution < -0.4 is 11.1 Å². The first kappa shape index (κ1) is 14.1. The van der Waals surface area contributed by atoms with Crippen LogP contribution in [0.1, 0.15) is 12.5 Å². The molecule has 2 rings (SSSR count). The summed E-state index contributed by atoms with van der Waals surface area (Å²) in [5.74, 6) is -0.0680. The SMILES string of the molecule is CC(C(=O)Nc1cccc(N)c1)N(C)Cc1ccoc1. The molecule has 0 fully saturated rings. The van der Waals surface area contributed by atoms with Gasteiger partial charge >= 0.3 is 0 Å². The zero-order valence-electron chi connectivity index (χ0n) is 11.7. The van der Waals surface area contributed by atoms with E-state index in [4.69, 9.17) is 10.2 Å². The summed E-state index contributed by atoms with van der Waals surface area (Å²) in [5.41, 5.74) is 8.06. The Hall–Kier alpha value is -2.27. The Morgan fingerprint density at radius 2 is 2.25 bits per heavy atom. The number of hydrogen-bond donors (Lipinski definition) is 2. The average molecular weight is 273 g/mol. The lowest BCUT2D eigenvalue weighted by atomic mass is 10.2. The van der Waals surface area contributed by atoms with Crippen molar-refractivity contribution >= 4 is 17.3 Å². The number of furan rings is 1. The van der Waals surface area contributed by atoms with Crippen LogP contribution in [0.25, 0.3) is 0 Å². The number of nitrogens with one attached hydrogen (secondary N) is 1. The zero-order valence-corrected chi connectivity index (χ0v) is 11.7. The van der Waals surface area contributed by atoms with E-state index in [9.17, 15) is 4.79 Å². The fourth-order valence-electron chi connectivity index (χ4n) is 1.87. The number of carbonyl (C=O) groups is 1. The molecule has 0 aliphatic carbocycles. The van der Waals surface area contributed by atoms with E-state index in [1.54, 1.807) is 24.7 Å². The van der Waals surface area contributed by atoms with Gasteiger partial charge in [-0.2, -0.15) is 0 Å². The third-order valence-electron chi connectivity index (χ3n) is 3.21. The van der Waals surface area contributed by atoms with Crippen LogP contribution in [0, 0.1) is 0 Å². The minimum atomic E-state index is -0.258. The molecule has 5 nitrogen and oxygen atoms in total. The van der Waals surface area contributed by atoms with Gasteiger partial charge in [-0.25, -0.2) is 0 Å². The molecule has 106 valence electrons. The van der Waals surface area contributed by atoms with E-state index in [1.165, 1.54) is 0 Å². The van der Waals surface area contributed by atoms with Crippen molar-refractivity contribution in [3.63, 3.8) is 0 Å². The Kier molecular flexibility index (Phi) is 4.42. The normalized spacial score (nSPS) is 12.3.